The van der Waals surface area contributed by atoms with E-state index >= 15 is 0 Å². The minimum atomic E-state index is -4.41. The second-order valence-corrected chi connectivity index (χ2v) is 4.07. The predicted octanol–water partition coefficient (Wildman–Crippen LogP) is 4.24. The van der Waals surface area contributed by atoms with Gasteiger partial charge in [-0.05, 0) is 24.6 Å². The summed E-state index contributed by atoms with van der Waals surface area (Å²) < 4.78 is 50.0. The number of rotatable bonds is 4. The number of nitrogens with one attached hydrogen (secondary N) is 1. The fraction of sp³-hybridized carbons (Fsp3) is 0.400. The average molecular weight is 300 g/mol. The minimum Gasteiger partial charge on any atom is -0.384 e. The molecular weight excluding hydrogens is 290 g/mol. The summed E-state index contributed by atoms with van der Waals surface area (Å²) in [6, 6.07) is 3.83. The summed E-state index contributed by atoms with van der Waals surface area (Å²) in [6.07, 6.45) is -4.23. The molecule has 0 unspecified atom stereocenters. The number of anilines is 1. The summed E-state index contributed by atoms with van der Waals surface area (Å²) in [7, 11) is 0. The van der Waals surface area contributed by atoms with Gasteiger partial charge in [-0.1, -0.05) is 15.9 Å². The van der Waals surface area contributed by atoms with Crippen LogP contribution >= 0.6 is 15.9 Å². The Bertz CT molecular complexity index is 351. The molecule has 0 aromatic heterocycles. The van der Waals surface area contributed by atoms with E-state index in [1.54, 1.807) is 0 Å². The molecule has 0 aliphatic carbocycles. The number of hydrogen-bond donors (Lipinski definition) is 1. The van der Waals surface area contributed by atoms with Crippen molar-refractivity contribution in [3.63, 3.8) is 0 Å². The molecule has 1 aromatic carbocycles. The Morgan fingerprint density at radius 3 is 2.50 bits per heavy atom. The van der Waals surface area contributed by atoms with Gasteiger partial charge in [-0.2, -0.15) is 13.2 Å². The molecule has 0 atom stereocenters. The van der Waals surface area contributed by atoms with E-state index in [9.17, 15) is 17.6 Å². The zero-order valence-electron chi connectivity index (χ0n) is 8.24. The molecule has 0 fully saturated rings. The first-order valence-corrected chi connectivity index (χ1v) is 5.41. The van der Waals surface area contributed by atoms with Crippen LogP contribution in [-0.4, -0.2) is 13.2 Å². The fourth-order valence-corrected chi connectivity index (χ4v) is 1.56. The van der Waals surface area contributed by atoms with Crippen molar-refractivity contribution >= 4 is 21.6 Å². The van der Waals surface area contributed by atoms with E-state index in [1.165, 1.54) is 12.1 Å². The summed E-state index contributed by atoms with van der Waals surface area (Å²) in [5.41, 5.74) is -0.773. The van der Waals surface area contributed by atoms with E-state index in [0.29, 0.717) is 4.47 Å². The van der Waals surface area contributed by atoms with Crippen LogP contribution in [0.15, 0.2) is 22.7 Å². The number of alkyl halides is 4. The molecule has 0 aliphatic heterocycles. The fourth-order valence-electron chi connectivity index (χ4n) is 1.20. The summed E-state index contributed by atoms with van der Waals surface area (Å²) >= 11 is 2.98. The third-order valence-corrected chi connectivity index (χ3v) is 2.41. The molecule has 0 radical (unpaired) electrons. The van der Waals surface area contributed by atoms with Gasteiger partial charge >= 0.3 is 6.18 Å². The van der Waals surface area contributed by atoms with Gasteiger partial charge in [0.2, 0.25) is 0 Å². The molecule has 6 heteroatoms. The van der Waals surface area contributed by atoms with Gasteiger partial charge < -0.3 is 5.32 Å². The number of benzene rings is 1. The average Bonchev–Trinajstić information content (AvgIpc) is 2.19. The molecule has 0 spiro atoms. The van der Waals surface area contributed by atoms with E-state index in [4.69, 9.17) is 0 Å². The van der Waals surface area contributed by atoms with Crippen LogP contribution in [0.5, 0.6) is 0 Å². The lowest BCUT2D eigenvalue weighted by molar-refractivity contribution is -0.137. The Morgan fingerprint density at radius 2 is 1.94 bits per heavy atom. The van der Waals surface area contributed by atoms with Crippen LogP contribution in [0.4, 0.5) is 23.2 Å². The molecule has 0 aliphatic rings. The molecule has 90 valence electrons. The van der Waals surface area contributed by atoms with E-state index in [-0.39, 0.29) is 18.7 Å². The van der Waals surface area contributed by atoms with Crippen LogP contribution < -0.4 is 5.32 Å². The standard InChI is InChI=1S/C10H10BrF4N/c11-7-2-3-9(16-5-1-4-12)8(6-7)10(13,14)15/h2-3,6,16H,1,4-5H2. The lowest BCUT2D eigenvalue weighted by Gasteiger charge is -2.14. The van der Waals surface area contributed by atoms with Crippen molar-refractivity contribution in [3.8, 4) is 0 Å². The van der Waals surface area contributed by atoms with Crippen molar-refractivity contribution in [1.82, 2.24) is 0 Å². The Morgan fingerprint density at radius 1 is 1.25 bits per heavy atom. The van der Waals surface area contributed by atoms with Gasteiger partial charge in [-0.3, -0.25) is 4.39 Å². The third-order valence-electron chi connectivity index (χ3n) is 1.91. The topological polar surface area (TPSA) is 12.0 Å². The van der Waals surface area contributed by atoms with Crippen LogP contribution in [0.1, 0.15) is 12.0 Å². The zero-order valence-corrected chi connectivity index (χ0v) is 9.83. The van der Waals surface area contributed by atoms with Crippen molar-refractivity contribution < 1.29 is 17.6 Å². The summed E-state index contributed by atoms with van der Waals surface area (Å²) in [6.45, 7) is -0.369. The van der Waals surface area contributed by atoms with E-state index in [1.807, 2.05) is 0 Å². The van der Waals surface area contributed by atoms with E-state index in [0.717, 1.165) is 6.07 Å². The molecule has 0 saturated carbocycles. The number of halogens is 5. The van der Waals surface area contributed by atoms with Crippen molar-refractivity contribution in [2.24, 2.45) is 0 Å². The highest BCUT2D eigenvalue weighted by Crippen LogP contribution is 2.36. The first-order chi connectivity index (χ1) is 7.45. The lowest BCUT2D eigenvalue weighted by atomic mass is 10.1. The predicted molar refractivity (Wildman–Crippen MR) is 58.2 cm³/mol. The minimum absolute atomic E-state index is 0.0239. The first-order valence-electron chi connectivity index (χ1n) is 4.61. The highest BCUT2D eigenvalue weighted by atomic mass is 79.9. The van der Waals surface area contributed by atoms with Crippen molar-refractivity contribution in [2.45, 2.75) is 12.6 Å². The van der Waals surface area contributed by atoms with Gasteiger partial charge in [0.05, 0.1) is 12.2 Å². The van der Waals surface area contributed by atoms with Crippen molar-refractivity contribution in [2.75, 3.05) is 18.5 Å². The van der Waals surface area contributed by atoms with Crippen LogP contribution in [0.25, 0.3) is 0 Å². The van der Waals surface area contributed by atoms with Gasteiger partial charge in [-0.15, -0.1) is 0 Å². The van der Waals surface area contributed by atoms with Crippen LogP contribution in [0.3, 0.4) is 0 Å². The normalized spacial score (nSPS) is 11.6. The molecule has 1 N–H and O–H groups in total. The van der Waals surface area contributed by atoms with Crippen molar-refractivity contribution in [1.29, 1.82) is 0 Å². The second-order valence-electron chi connectivity index (χ2n) is 3.16. The van der Waals surface area contributed by atoms with Crippen LogP contribution in [0, 0.1) is 0 Å². The summed E-state index contributed by atoms with van der Waals surface area (Å²) in [5.74, 6) is 0. The quantitative estimate of drug-likeness (QED) is 0.648. The van der Waals surface area contributed by atoms with Gasteiger partial charge in [0.15, 0.2) is 0 Å². The van der Waals surface area contributed by atoms with E-state index in [2.05, 4.69) is 21.2 Å². The number of hydrogen-bond acceptors (Lipinski definition) is 1. The van der Waals surface area contributed by atoms with Crippen LogP contribution in [-0.2, 0) is 6.18 Å². The molecule has 0 bridgehead atoms. The summed E-state index contributed by atoms with van der Waals surface area (Å²) in [5, 5.41) is 2.57. The Balaban J connectivity index is 2.90. The van der Waals surface area contributed by atoms with Crippen molar-refractivity contribution in [3.05, 3.63) is 28.2 Å². The Labute approximate surface area is 99.0 Å². The maximum Gasteiger partial charge on any atom is 0.418 e. The Hall–Kier alpha value is -0.780. The van der Waals surface area contributed by atoms with Gasteiger partial charge in [0, 0.05) is 16.7 Å². The summed E-state index contributed by atoms with van der Waals surface area (Å²) in [4.78, 5) is 0. The van der Waals surface area contributed by atoms with Crippen LogP contribution in [0.2, 0.25) is 0 Å². The molecule has 1 nitrogen and oxygen atoms in total. The smallest absolute Gasteiger partial charge is 0.384 e. The molecule has 16 heavy (non-hydrogen) atoms. The molecule has 0 saturated heterocycles. The SMILES string of the molecule is FCCCNc1ccc(Br)cc1C(F)(F)F. The monoisotopic (exact) mass is 299 g/mol. The molecular formula is C10H10BrF4N. The maximum absolute atomic E-state index is 12.6. The zero-order chi connectivity index (χ0) is 12.2. The Kier molecular flexibility index (Phi) is 4.58. The largest absolute Gasteiger partial charge is 0.418 e. The first kappa shape index (κ1) is 13.3. The lowest BCUT2D eigenvalue weighted by Crippen LogP contribution is -2.12. The van der Waals surface area contributed by atoms with Gasteiger partial charge in [0.1, 0.15) is 0 Å². The third kappa shape index (κ3) is 3.66. The second kappa shape index (κ2) is 5.52. The molecule has 1 rings (SSSR count). The highest BCUT2D eigenvalue weighted by molar-refractivity contribution is 9.10. The van der Waals surface area contributed by atoms with Gasteiger partial charge in [0.25, 0.3) is 0 Å². The maximum atomic E-state index is 12.6. The highest BCUT2D eigenvalue weighted by Gasteiger charge is 2.33. The molecule has 1 aromatic rings. The molecule has 0 heterocycles. The van der Waals surface area contributed by atoms with E-state index < -0.39 is 18.4 Å². The molecule has 0 amide bonds. The van der Waals surface area contributed by atoms with Gasteiger partial charge in [-0.25, -0.2) is 0 Å².